The van der Waals surface area contributed by atoms with Crippen LogP contribution in [0.3, 0.4) is 0 Å². The first-order chi connectivity index (χ1) is 16.3. The van der Waals surface area contributed by atoms with Crippen LogP contribution in [-0.2, 0) is 12.0 Å². The molecule has 0 bridgehead atoms. The molecule has 5 rings (SSSR count). The molecule has 0 saturated carbocycles. The summed E-state index contributed by atoms with van der Waals surface area (Å²) < 4.78 is 0. The predicted octanol–water partition coefficient (Wildman–Crippen LogP) is 4.63. The Bertz CT molecular complexity index is 1400. The molecule has 3 aromatic heterocycles. The predicted molar refractivity (Wildman–Crippen MR) is 129 cm³/mol. The minimum Gasteiger partial charge on any atom is -0.478 e. The lowest BCUT2D eigenvalue weighted by Gasteiger charge is -2.33. The molecule has 0 saturated heterocycles. The smallest absolute Gasteiger partial charge is 0.335 e. The second kappa shape index (κ2) is 8.58. The average Bonchev–Trinajstić information content (AvgIpc) is 3.30. The lowest BCUT2D eigenvalue weighted by atomic mass is 9.79. The number of aryl methyl sites for hydroxylation is 3. The summed E-state index contributed by atoms with van der Waals surface area (Å²) in [4.78, 5) is 29.9. The molecule has 4 aromatic rings. The van der Waals surface area contributed by atoms with Gasteiger partial charge in [0.25, 0.3) is 0 Å². The lowest BCUT2D eigenvalue weighted by molar-refractivity contribution is 0.0607. The highest BCUT2D eigenvalue weighted by Crippen LogP contribution is 2.43. The van der Waals surface area contributed by atoms with Crippen LogP contribution in [0.4, 0.5) is 11.6 Å². The Balaban J connectivity index is 1.48. The molecule has 3 heterocycles. The Morgan fingerprint density at radius 1 is 1.09 bits per heavy atom. The van der Waals surface area contributed by atoms with Crippen molar-refractivity contribution in [1.29, 1.82) is 0 Å². The molecule has 8 nitrogen and oxygen atoms in total. The van der Waals surface area contributed by atoms with Crippen molar-refractivity contribution in [2.45, 2.75) is 38.7 Å². The fourth-order valence-electron chi connectivity index (χ4n) is 4.32. The van der Waals surface area contributed by atoms with Gasteiger partial charge in [-0.25, -0.2) is 24.7 Å². The summed E-state index contributed by atoms with van der Waals surface area (Å²) in [6, 6.07) is 10.7. The molecule has 1 unspecified atom stereocenters. The second-order valence-corrected chi connectivity index (χ2v) is 9.54. The van der Waals surface area contributed by atoms with Crippen molar-refractivity contribution in [2.75, 3.05) is 5.32 Å². The zero-order valence-corrected chi connectivity index (χ0v) is 19.6. The summed E-state index contributed by atoms with van der Waals surface area (Å²) in [5.41, 5.74) is 3.18. The third-order valence-corrected chi connectivity index (χ3v) is 7.09. The van der Waals surface area contributed by atoms with Crippen LogP contribution in [-0.4, -0.2) is 36.1 Å². The molecule has 0 spiro atoms. The third kappa shape index (κ3) is 4.15. The summed E-state index contributed by atoms with van der Waals surface area (Å²) in [6.45, 7) is 3.89. The molecule has 1 aliphatic carbocycles. The number of carbonyl (C=O) groups is 1. The molecule has 0 amide bonds. The number of anilines is 2. The molecular formula is C25H23N5O3S. The van der Waals surface area contributed by atoms with Gasteiger partial charge in [-0.1, -0.05) is 6.07 Å². The fourth-order valence-corrected chi connectivity index (χ4v) is 5.33. The Kier molecular flexibility index (Phi) is 5.59. The Labute approximate surface area is 200 Å². The second-order valence-electron chi connectivity index (χ2n) is 8.51. The fraction of sp³-hybridized carbons (Fsp3) is 0.240. The highest BCUT2D eigenvalue weighted by molar-refractivity contribution is 7.15. The number of fused-ring (bicyclic) bond motifs is 1. The van der Waals surface area contributed by atoms with Gasteiger partial charge >= 0.3 is 5.97 Å². The van der Waals surface area contributed by atoms with Gasteiger partial charge in [0.2, 0.25) is 0 Å². The van der Waals surface area contributed by atoms with Crippen molar-refractivity contribution in [3.63, 3.8) is 0 Å². The van der Waals surface area contributed by atoms with E-state index in [1.807, 2.05) is 32.0 Å². The van der Waals surface area contributed by atoms with Crippen LogP contribution in [0, 0.1) is 13.8 Å². The molecular weight excluding hydrogens is 450 g/mol. The van der Waals surface area contributed by atoms with E-state index in [9.17, 15) is 15.0 Å². The van der Waals surface area contributed by atoms with Gasteiger partial charge in [0.15, 0.2) is 0 Å². The van der Waals surface area contributed by atoms with Crippen LogP contribution >= 0.6 is 11.3 Å². The molecule has 1 aliphatic rings. The van der Waals surface area contributed by atoms with Gasteiger partial charge in [0.1, 0.15) is 28.6 Å². The van der Waals surface area contributed by atoms with Crippen molar-refractivity contribution in [3.05, 3.63) is 81.9 Å². The van der Waals surface area contributed by atoms with E-state index in [2.05, 4.69) is 20.3 Å². The highest BCUT2D eigenvalue weighted by atomic mass is 32.1. The van der Waals surface area contributed by atoms with Crippen molar-refractivity contribution >= 4 is 28.9 Å². The van der Waals surface area contributed by atoms with Crippen LogP contribution in [0.5, 0.6) is 0 Å². The summed E-state index contributed by atoms with van der Waals surface area (Å²) >= 11 is 1.40. The molecule has 1 aromatic carbocycles. The monoisotopic (exact) mass is 473 g/mol. The van der Waals surface area contributed by atoms with Gasteiger partial charge in [-0.15, -0.1) is 11.3 Å². The van der Waals surface area contributed by atoms with E-state index < -0.39 is 11.6 Å². The zero-order valence-electron chi connectivity index (χ0n) is 18.7. The van der Waals surface area contributed by atoms with E-state index in [-0.39, 0.29) is 5.56 Å². The largest absolute Gasteiger partial charge is 0.478 e. The van der Waals surface area contributed by atoms with Gasteiger partial charge in [-0.2, -0.15) is 0 Å². The van der Waals surface area contributed by atoms with E-state index in [0.717, 1.165) is 45.8 Å². The van der Waals surface area contributed by atoms with Gasteiger partial charge in [-0.3, -0.25) is 0 Å². The molecule has 3 N–H and O–H groups in total. The molecule has 1 atom stereocenters. The van der Waals surface area contributed by atoms with Crippen LogP contribution in [0.25, 0.3) is 10.6 Å². The number of pyridine rings is 1. The summed E-state index contributed by atoms with van der Waals surface area (Å²) in [7, 11) is 0. The molecule has 0 radical (unpaired) electrons. The summed E-state index contributed by atoms with van der Waals surface area (Å²) in [6.07, 6.45) is 5.25. The number of nitrogens with zero attached hydrogens (tertiary/aromatic N) is 4. The van der Waals surface area contributed by atoms with Crippen LogP contribution in [0.15, 0.2) is 48.9 Å². The number of nitrogens with one attached hydrogen (secondary N) is 1. The molecule has 172 valence electrons. The Morgan fingerprint density at radius 3 is 2.74 bits per heavy atom. The normalized spacial score (nSPS) is 17.3. The van der Waals surface area contributed by atoms with Gasteiger partial charge < -0.3 is 15.5 Å². The van der Waals surface area contributed by atoms with Gasteiger partial charge in [0, 0.05) is 18.0 Å². The van der Waals surface area contributed by atoms with Crippen molar-refractivity contribution < 1.29 is 15.0 Å². The maximum absolute atomic E-state index is 11.7. The first-order valence-corrected chi connectivity index (χ1v) is 11.7. The van der Waals surface area contributed by atoms with E-state index in [4.69, 9.17) is 4.98 Å². The third-order valence-electron chi connectivity index (χ3n) is 5.92. The van der Waals surface area contributed by atoms with E-state index in [1.54, 1.807) is 24.4 Å². The average molecular weight is 474 g/mol. The minimum atomic E-state index is -1.25. The quantitative estimate of drug-likeness (QED) is 0.384. The van der Waals surface area contributed by atoms with E-state index >= 15 is 0 Å². The number of aromatic nitrogens is 4. The molecule has 9 heteroatoms. The lowest BCUT2D eigenvalue weighted by Crippen LogP contribution is -2.32. The first kappa shape index (κ1) is 22.1. The molecule has 0 aliphatic heterocycles. The maximum atomic E-state index is 11.7. The Morgan fingerprint density at radius 2 is 1.94 bits per heavy atom. The van der Waals surface area contributed by atoms with Crippen LogP contribution in [0.2, 0.25) is 0 Å². The summed E-state index contributed by atoms with van der Waals surface area (Å²) in [5, 5.41) is 24.8. The van der Waals surface area contributed by atoms with Crippen molar-refractivity contribution in [1.82, 2.24) is 19.9 Å². The Hall–Kier alpha value is -3.69. The maximum Gasteiger partial charge on any atom is 0.335 e. The number of hydrogen-bond donors (Lipinski definition) is 3. The standard InChI is InChI=1S/C25H23N5O3S/c1-14-8-19(29-22(9-14)30-21-10-15(2)27-13-28-21)20-12-26-24(34-20)25(33)7-3-4-16-11-17(23(31)32)5-6-18(16)25/h5-6,8-13,33H,3-4,7H2,1-2H3,(H,31,32)(H,27,28,29,30). The molecule has 0 fully saturated rings. The number of carboxylic acid groups (broad SMARTS) is 1. The van der Waals surface area contributed by atoms with E-state index in [0.29, 0.717) is 23.1 Å². The highest BCUT2D eigenvalue weighted by Gasteiger charge is 2.39. The van der Waals surface area contributed by atoms with Crippen LogP contribution in [0.1, 0.15) is 50.6 Å². The van der Waals surface area contributed by atoms with Gasteiger partial charge in [-0.05, 0) is 74.1 Å². The van der Waals surface area contributed by atoms with Crippen LogP contribution < -0.4 is 5.32 Å². The SMILES string of the molecule is Cc1cc(Nc2cc(C)ncn2)nc(-c2cnc(C3(O)CCCc4cc(C(=O)O)ccc43)s2)c1. The number of carboxylic acids is 1. The van der Waals surface area contributed by atoms with Gasteiger partial charge in [0.05, 0.1) is 16.1 Å². The number of benzene rings is 1. The van der Waals surface area contributed by atoms with E-state index in [1.165, 1.54) is 17.7 Å². The first-order valence-electron chi connectivity index (χ1n) is 10.9. The topological polar surface area (TPSA) is 121 Å². The molecule has 34 heavy (non-hydrogen) atoms. The minimum absolute atomic E-state index is 0.227. The number of aromatic carboxylic acids is 1. The zero-order chi connectivity index (χ0) is 23.9. The number of hydrogen-bond acceptors (Lipinski definition) is 8. The number of rotatable bonds is 5. The number of aliphatic hydroxyl groups is 1. The summed E-state index contributed by atoms with van der Waals surface area (Å²) in [5.74, 6) is 0.349. The number of thiazole rings is 1. The van der Waals surface area contributed by atoms with Crippen molar-refractivity contribution in [3.8, 4) is 10.6 Å². The van der Waals surface area contributed by atoms with Crippen molar-refractivity contribution in [2.24, 2.45) is 0 Å².